The Morgan fingerprint density at radius 2 is 1.81 bits per heavy atom. The summed E-state index contributed by atoms with van der Waals surface area (Å²) in [5.41, 5.74) is 0.721. The van der Waals surface area contributed by atoms with Crippen LogP contribution in [0.3, 0.4) is 0 Å². The number of carbonyl (C=O) groups excluding carboxylic acids is 1. The Balaban J connectivity index is 1.34. The maximum absolute atomic E-state index is 12.6. The minimum absolute atomic E-state index is 0.0247. The zero-order valence-electron chi connectivity index (χ0n) is 16.8. The molecular weight excluding hydrogens is 476 g/mol. The van der Waals surface area contributed by atoms with Crippen LogP contribution >= 0.6 is 22.9 Å². The number of nitro benzene ring substituents is 1. The number of aromatic nitrogens is 1. The van der Waals surface area contributed by atoms with E-state index in [1.54, 1.807) is 11.0 Å². The highest BCUT2D eigenvalue weighted by molar-refractivity contribution is 7.91. The molecule has 12 heteroatoms. The Morgan fingerprint density at radius 1 is 1.12 bits per heavy atom. The summed E-state index contributed by atoms with van der Waals surface area (Å²) >= 11 is 7.17. The molecule has 168 valence electrons. The van der Waals surface area contributed by atoms with Gasteiger partial charge in [0.1, 0.15) is 0 Å². The minimum Gasteiger partial charge on any atom is -0.345 e. The lowest BCUT2D eigenvalue weighted by Gasteiger charge is -2.34. The molecule has 0 radical (unpaired) electrons. The van der Waals surface area contributed by atoms with E-state index in [9.17, 15) is 23.3 Å². The van der Waals surface area contributed by atoms with Crippen LogP contribution in [0.2, 0.25) is 5.02 Å². The molecule has 0 saturated carbocycles. The fraction of sp³-hybridized carbons (Fsp3) is 0.300. The highest BCUT2D eigenvalue weighted by Gasteiger charge is 2.25. The second-order valence-electron chi connectivity index (χ2n) is 7.30. The lowest BCUT2D eigenvalue weighted by Crippen LogP contribution is -2.49. The lowest BCUT2D eigenvalue weighted by molar-refractivity contribution is -0.384. The number of nitrogens with zero attached hydrogens (tertiary/aromatic N) is 4. The summed E-state index contributed by atoms with van der Waals surface area (Å²) in [6.45, 7) is 2.01. The van der Waals surface area contributed by atoms with Gasteiger partial charge < -0.3 is 9.80 Å². The van der Waals surface area contributed by atoms with Crippen LogP contribution in [0.5, 0.6) is 0 Å². The number of piperazine rings is 1. The summed E-state index contributed by atoms with van der Waals surface area (Å²) < 4.78 is 25.6. The first kappa shape index (κ1) is 22.4. The molecule has 0 bridgehead atoms. The molecule has 1 fully saturated rings. The van der Waals surface area contributed by atoms with E-state index in [1.165, 1.54) is 47.7 Å². The Labute approximate surface area is 193 Å². The van der Waals surface area contributed by atoms with Crippen molar-refractivity contribution in [2.24, 2.45) is 0 Å². The predicted octanol–water partition coefficient (Wildman–Crippen LogP) is 3.37. The van der Waals surface area contributed by atoms with Crippen LogP contribution in [0.15, 0.2) is 47.4 Å². The molecule has 3 aromatic rings. The third-order valence-electron chi connectivity index (χ3n) is 5.23. The molecule has 1 aliphatic heterocycles. The second-order valence-corrected chi connectivity index (χ2v) is 10.9. The molecule has 1 aliphatic rings. The van der Waals surface area contributed by atoms with Crippen molar-refractivity contribution >= 4 is 59.7 Å². The van der Waals surface area contributed by atoms with E-state index in [0.29, 0.717) is 36.7 Å². The average molecular weight is 495 g/mol. The molecular formula is C20H19ClN4O5S2. The molecule has 0 aliphatic carbocycles. The maximum Gasteiger partial charge on any atom is 0.270 e. The van der Waals surface area contributed by atoms with Crippen molar-refractivity contribution in [2.75, 3.05) is 36.8 Å². The summed E-state index contributed by atoms with van der Waals surface area (Å²) in [7, 11) is -3.56. The number of fused-ring (bicyclic) bond motifs is 1. The van der Waals surface area contributed by atoms with Crippen molar-refractivity contribution in [1.29, 1.82) is 0 Å². The van der Waals surface area contributed by atoms with Crippen molar-refractivity contribution in [2.45, 2.75) is 11.3 Å². The number of amides is 1. The molecule has 0 atom stereocenters. The first-order chi connectivity index (χ1) is 15.2. The number of rotatable bonds is 6. The summed E-state index contributed by atoms with van der Waals surface area (Å²) in [4.78, 5) is 31.5. The normalized spacial score (nSPS) is 14.7. The first-order valence-corrected chi connectivity index (χ1v) is 12.6. The zero-order chi connectivity index (χ0) is 22.9. The molecule has 1 saturated heterocycles. The molecule has 1 aromatic heterocycles. The minimum atomic E-state index is -3.56. The topological polar surface area (TPSA) is 114 Å². The van der Waals surface area contributed by atoms with Gasteiger partial charge in [0, 0.05) is 49.8 Å². The fourth-order valence-corrected chi connectivity index (χ4v) is 5.84. The fourth-order valence-electron chi connectivity index (χ4n) is 3.44. The standard InChI is InChI=1S/C20H19ClN4O5S2/c21-14-1-4-16(5-2-14)32(29,30)12-7-19(26)23-8-10-24(11-9-23)20-22-17-6-3-15(25(27)28)13-18(17)31-20/h1-6,13H,7-12H2. The van der Waals surface area contributed by atoms with Gasteiger partial charge in [-0.2, -0.15) is 0 Å². The summed E-state index contributed by atoms with van der Waals surface area (Å²) in [5, 5.41) is 12.2. The number of nitro groups is 1. The second kappa shape index (κ2) is 9.00. The molecule has 0 N–H and O–H groups in total. The Bertz CT molecular complexity index is 1270. The Kier molecular flexibility index (Phi) is 6.31. The van der Waals surface area contributed by atoms with E-state index in [1.807, 2.05) is 4.90 Å². The van der Waals surface area contributed by atoms with Crippen molar-refractivity contribution in [3.63, 3.8) is 0 Å². The van der Waals surface area contributed by atoms with Crippen LogP contribution in [-0.4, -0.2) is 61.1 Å². The van der Waals surface area contributed by atoms with Gasteiger partial charge in [-0.15, -0.1) is 0 Å². The van der Waals surface area contributed by atoms with Gasteiger partial charge in [0.2, 0.25) is 5.91 Å². The van der Waals surface area contributed by atoms with Gasteiger partial charge >= 0.3 is 0 Å². The van der Waals surface area contributed by atoms with E-state index < -0.39 is 14.8 Å². The Morgan fingerprint density at radius 3 is 2.47 bits per heavy atom. The third kappa shape index (κ3) is 4.84. The van der Waals surface area contributed by atoms with Crippen molar-refractivity contribution in [3.8, 4) is 0 Å². The third-order valence-corrected chi connectivity index (χ3v) is 8.29. The number of non-ortho nitro benzene ring substituents is 1. The predicted molar refractivity (Wildman–Crippen MR) is 123 cm³/mol. The molecule has 32 heavy (non-hydrogen) atoms. The summed E-state index contributed by atoms with van der Waals surface area (Å²) in [6, 6.07) is 10.5. The highest BCUT2D eigenvalue weighted by Crippen LogP contribution is 2.32. The number of thiazole rings is 1. The van der Waals surface area contributed by atoms with Gasteiger partial charge in [-0.05, 0) is 30.3 Å². The van der Waals surface area contributed by atoms with Crippen LogP contribution in [0.1, 0.15) is 6.42 Å². The number of hydrogen-bond donors (Lipinski definition) is 0. The smallest absolute Gasteiger partial charge is 0.270 e. The van der Waals surface area contributed by atoms with Crippen molar-refractivity contribution < 1.29 is 18.1 Å². The number of anilines is 1. The summed E-state index contributed by atoms with van der Waals surface area (Å²) in [5.74, 6) is -0.466. The number of carbonyl (C=O) groups is 1. The van der Waals surface area contributed by atoms with E-state index in [-0.39, 0.29) is 28.7 Å². The van der Waals surface area contributed by atoms with Gasteiger partial charge in [-0.3, -0.25) is 14.9 Å². The number of halogens is 1. The average Bonchev–Trinajstić information content (AvgIpc) is 3.21. The number of sulfone groups is 1. The van der Waals surface area contributed by atoms with Crippen molar-refractivity contribution in [3.05, 3.63) is 57.6 Å². The zero-order valence-corrected chi connectivity index (χ0v) is 19.2. The maximum atomic E-state index is 12.6. The summed E-state index contributed by atoms with van der Waals surface area (Å²) in [6.07, 6.45) is -0.0875. The monoisotopic (exact) mass is 494 g/mol. The molecule has 0 spiro atoms. The largest absolute Gasteiger partial charge is 0.345 e. The van der Waals surface area contributed by atoms with E-state index >= 15 is 0 Å². The lowest BCUT2D eigenvalue weighted by atomic mass is 10.3. The van der Waals surface area contributed by atoms with Gasteiger partial charge in [-0.25, -0.2) is 13.4 Å². The SMILES string of the molecule is O=C(CCS(=O)(=O)c1ccc(Cl)cc1)N1CCN(c2nc3ccc([N+](=O)[O-])cc3s2)CC1. The quantitative estimate of drug-likeness (QED) is 0.381. The van der Waals surface area contributed by atoms with Gasteiger partial charge in [0.15, 0.2) is 15.0 Å². The van der Waals surface area contributed by atoms with E-state index in [0.717, 1.165) is 9.83 Å². The molecule has 2 heterocycles. The molecule has 2 aromatic carbocycles. The van der Waals surface area contributed by atoms with Gasteiger partial charge in [-0.1, -0.05) is 22.9 Å². The van der Waals surface area contributed by atoms with Crippen LogP contribution in [-0.2, 0) is 14.6 Å². The number of benzene rings is 2. The van der Waals surface area contributed by atoms with Crippen LogP contribution < -0.4 is 4.90 Å². The van der Waals surface area contributed by atoms with Crippen LogP contribution in [0.4, 0.5) is 10.8 Å². The molecule has 0 unspecified atom stereocenters. The van der Waals surface area contributed by atoms with Crippen LogP contribution in [0.25, 0.3) is 10.2 Å². The Hall–Kier alpha value is -2.76. The van der Waals surface area contributed by atoms with Gasteiger partial charge in [0.05, 0.1) is 25.8 Å². The first-order valence-electron chi connectivity index (χ1n) is 9.79. The van der Waals surface area contributed by atoms with Crippen molar-refractivity contribution in [1.82, 2.24) is 9.88 Å². The van der Waals surface area contributed by atoms with E-state index in [2.05, 4.69) is 4.98 Å². The molecule has 4 rings (SSSR count). The van der Waals surface area contributed by atoms with Crippen LogP contribution in [0, 0.1) is 10.1 Å². The number of hydrogen-bond acceptors (Lipinski definition) is 8. The highest BCUT2D eigenvalue weighted by atomic mass is 35.5. The van der Waals surface area contributed by atoms with Gasteiger partial charge in [0.25, 0.3) is 5.69 Å². The molecule has 1 amide bonds. The van der Waals surface area contributed by atoms with E-state index in [4.69, 9.17) is 11.6 Å². The molecule has 9 nitrogen and oxygen atoms in total.